The van der Waals surface area contributed by atoms with Gasteiger partial charge >= 0.3 is 0 Å². The van der Waals surface area contributed by atoms with E-state index >= 15 is 0 Å². The first-order chi connectivity index (χ1) is 10.1. The maximum atomic E-state index is 5.88. The fourth-order valence-electron chi connectivity index (χ4n) is 3.04. The lowest BCUT2D eigenvalue weighted by Crippen LogP contribution is -2.36. The Bertz CT molecular complexity index is 671. The fourth-order valence-corrected chi connectivity index (χ4v) is 3.20. The second-order valence-electron chi connectivity index (χ2n) is 6.00. The number of hydrogen-bond donors (Lipinski definition) is 2. The van der Waals surface area contributed by atoms with E-state index in [0.717, 1.165) is 28.8 Å². The summed E-state index contributed by atoms with van der Waals surface area (Å²) < 4.78 is 0. The smallest absolute Gasteiger partial charge is 0.136 e. The molecule has 4 heteroatoms. The van der Waals surface area contributed by atoms with Gasteiger partial charge in [0, 0.05) is 11.9 Å². The number of rotatable bonds is 5. The van der Waals surface area contributed by atoms with Crippen LogP contribution in [0, 0.1) is 5.41 Å². The van der Waals surface area contributed by atoms with Gasteiger partial charge in [0.05, 0.1) is 11.1 Å². The van der Waals surface area contributed by atoms with Gasteiger partial charge in [0.15, 0.2) is 0 Å². The summed E-state index contributed by atoms with van der Waals surface area (Å²) in [6, 6.07) is 10.1. The van der Waals surface area contributed by atoms with Gasteiger partial charge in [-0.1, -0.05) is 43.8 Å². The summed E-state index contributed by atoms with van der Waals surface area (Å²) in [7, 11) is 0. The van der Waals surface area contributed by atoms with Crippen LogP contribution in [0.15, 0.2) is 30.3 Å². The fraction of sp³-hybridized carbons (Fsp3) is 0.412. The summed E-state index contributed by atoms with van der Waals surface area (Å²) in [5.74, 6) is 0.820. The molecule has 110 valence electrons. The Balaban J connectivity index is 1.92. The second kappa shape index (κ2) is 5.60. The van der Waals surface area contributed by atoms with Crippen molar-refractivity contribution >= 4 is 33.9 Å². The first-order valence-electron chi connectivity index (χ1n) is 7.57. The lowest BCUT2D eigenvalue weighted by molar-refractivity contribution is 0.145. The lowest BCUT2D eigenvalue weighted by Gasteiger charge is -2.41. The molecule has 0 spiro atoms. The predicted octanol–water partition coefficient (Wildman–Crippen LogP) is 3.86. The number of anilines is 1. The molecule has 1 aliphatic rings. The van der Waals surface area contributed by atoms with Gasteiger partial charge in [-0.25, -0.2) is 4.98 Å². The molecule has 1 saturated carbocycles. The zero-order valence-electron chi connectivity index (χ0n) is 12.4. The third kappa shape index (κ3) is 2.72. The van der Waals surface area contributed by atoms with Crippen molar-refractivity contribution in [3.8, 4) is 0 Å². The number of para-hydroxylation sites is 1. The van der Waals surface area contributed by atoms with E-state index in [0.29, 0.717) is 10.4 Å². The Morgan fingerprint density at radius 1 is 1.38 bits per heavy atom. The zero-order chi connectivity index (χ0) is 14.9. The molecule has 0 atom stereocenters. The first kappa shape index (κ1) is 14.3. The van der Waals surface area contributed by atoms with Crippen LogP contribution >= 0.6 is 12.2 Å². The average Bonchev–Trinajstić information content (AvgIpc) is 2.45. The largest absolute Gasteiger partial charge is 0.389 e. The van der Waals surface area contributed by atoms with Crippen LogP contribution in [0.3, 0.4) is 0 Å². The number of nitrogens with one attached hydrogen (secondary N) is 1. The van der Waals surface area contributed by atoms with Gasteiger partial charge in [-0.2, -0.15) is 0 Å². The Morgan fingerprint density at radius 2 is 2.14 bits per heavy atom. The minimum absolute atomic E-state index is 0.398. The molecular formula is C17H21N3S. The molecule has 3 nitrogen and oxygen atoms in total. The van der Waals surface area contributed by atoms with E-state index in [4.69, 9.17) is 22.9 Å². The van der Waals surface area contributed by atoms with Gasteiger partial charge in [0.1, 0.15) is 10.8 Å². The lowest BCUT2D eigenvalue weighted by atomic mass is 9.67. The molecule has 0 unspecified atom stereocenters. The minimum Gasteiger partial charge on any atom is -0.389 e. The summed E-state index contributed by atoms with van der Waals surface area (Å²) in [5.41, 5.74) is 8.12. The normalized spacial score (nSPS) is 16.4. The van der Waals surface area contributed by atoms with Gasteiger partial charge in [0.25, 0.3) is 0 Å². The number of hydrogen-bond acceptors (Lipinski definition) is 3. The van der Waals surface area contributed by atoms with Crippen LogP contribution in [0.2, 0.25) is 0 Å². The maximum absolute atomic E-state index is 5.88. The van der Waals surface area contributed by atoms with Gasteiger partial charge in [-0.15, -0.1) is 0 Å². The Hall–Kier alpha value is -1.68. The molecule has 1 heterocycles. The van der Waals surface area contributed by atoms with Crippen LogP contribution in [0.5, 0.6) is 0 Å². The zero-order valence-corrected chi connectivity index (χ0v) is 13.2. The Kier molecular flexibility index (Phi) is 3.81. The van der Waals surface area contributed by atoms with Crippen LogP contribution in [0.25, 0.3) is 10.9 Å². The number of aromatic nitrogens is 1. The summed E-state index contributed by atoms with van der Waals surface area (Å²) >= 11 is 5.19. The van der Waals surface area contributed by atoms with Crippen molar-refractivity contribution < 1.29 is 0 Å². The minimum atomic E-state index is 0.398. The van der Waals surface area contributed by atoms with Crippen molar-refractivity contribution in [3.63, 3.8) is 0 Å². The van der Waals surface area contributed by atoms with Crippen molar-refractivity contribution in [2.45, 2.75) is 32.6 Å². The Labute approximate surface area is 130 Å². The summed E-state index contributed by atoms with van der Waals surface area (Å²) in [6.45, 7) is 3.22. The highest BCUT2D eigenvalue weighted by Crippen LogP contribution is 2.43. The quantitative estimate of drug-likeness (QED) is 0.823. The van der Waals surface area contributed by atoms with Crippen molar-refractivity contribution in [2.24, 2.45) is 11.1 Å². The van der Waals surface area contributed by atoms with Crippen molar-refractivity contribution in [1.82, 2.24) is 4.98 Å². The molecular weight excluding hydrogens is 278 g/mol. The van der Waals surface area contributed by atoms with Crippen molar-refractivity contribution in [1.29, 1.82) is 0 Å². The molecule has 0 radical (unpaired) electrons. The maximum Gasteiger partial charge on any atom is 0.136 e. The first-order valence-corrected chi connectivity index (χ1v) is 7.98. The molecule has 3 rings (SSSR count). The molecule has 1 aliphatic carbocycles. The van der Waals surface area contributed by atoms with Gasteiger partial charge in [-0.3, -0.25) is 0 Å². The Morgan fingerprint density at radius 3 is 2.76 bits per heavy atom. The second-order valence-corrected chi connectivity index (χ2v) is 6.44. The molecule has 1 aromatic carbocycles. The van der Waals surface area contributed by atoms with E-state index in [-0.39, 0.29) is 0 Å². The number of benzene rings is 1. The summed E-state index contributed by atoms with van der Waals surface area (Å²) in [6.07, 6.45) is 5.14. The van der Waals surface area contributed by atoms with E-state index in [1.54, 1.807) is 0 Å². The van der Waals surface area contributed by atoms with Crippen LogP contribution < -0.4 is 11.1 Å². The average molecular weight is 299 g/mol. The summed E-state index contributed by atoms with van der Waals surface area (Å²) in [5, 5.41) is 4.57. The van der Waals surface area contributed by atoms with Gasteiger partial charge < -0.3 is 11.1 Å². The van der Waals surface area contributed by atoms with Crippen LogP contribution in [0.1, 0.15) is 38.2 Å². The summed E-state index contributed by atoms with van der Waals surface area (Å²) in [4.78, 5) is 5.11. The number of nitrogens with two attached hydrogens (primary N) is 1. The van der Waals surface area contributed by atoms with E-state index in [9.17, 15) is 0 Å². The van der Waals surface area contributed by atoms with Crippen LogP contribution in [-0.2, 0) is 0 Å². The molecule has 1 aromatic heterocycles. The molecule has 0 bridgehead atoms. The molecule has 0 amide bonds. The van der Waals surface area contributed by atoms with Gasteiger partial charge in [-0.05, 0) is 36.8 Å². The SMILES string of the molecule is CCC1(CNc2nc3ccccc3cc2C(N)=S)CCC1. The molecule has 0 aliphatic heterocycles. The number of nitrogens with zero attached hydrogens (tertiary/aromatic N) is 1. The highest BCUT2D eigenvalue weighted by atomic mass is 32.1. The molecule has 21 heavy (non-hydrogen) atoms. The van der Waals surface area contributed by atoms with Crippen LogP contribution in [-0.4, -0.2) is 16.5 Å². The molecule has 2 aromatic rings. The van der Waals surface area contributed by atoms with E-state index in [1.165, 1.54) is 25.7 Å². The van der Waals surface area contributed by atoms with Crippen LogP contribution in [0.4, 0.5) is 5.82 Å². The van der Waals surface area contributed by atoms with Crippen molar-refractivity contribution in [2.75, 3.05) is 11.9 Å². The predicted molar refractivity (Wildman–Crippen MR) is 92.7 cm³/mol. The monoisotopic (exact) mass is 299 g/mol. The van der Waals surface area contributed by atoms with E-state index in [2.05, 4.69) is 12.2 Å². The highest BCUT2D eigenvalue weighted by molar-refractivity contribution is 7.80. The molecule has 3 N–H and O–H groups in total. The third-order valence-corrected chi connectivity index (χ3v) is 5.00. The van der Waals surface area contributed by atoms with Gasteiger partial charge in [0.2, 0.25) is 0 Å². The molecule has 1 fully saturated rings. The standard InChI is InChI=1S/C17H21N3S/c1-2-17(8-5-9-17)11-19-16-13(15(18)21)10-12-6-3-4-7-14(12)20-16/h3-4,6-7,10H,2,5,8-9,11H2,1H3,(H2,18,21)(H,19,20). The molecule has 0 saturated heterocycles. The van der Waals surface area contributed by atoms with Crippen molar-refractivity contribution in [3.05, 3.63) is 35.9 Å². The van der Waals surface area contributed by atoms with E-state index < -0.39 is 0 Å². The van der Waals surface area contributed by atoms with E-state index in [1.807, 2.05) is 30.3 Å². The highest BCUT2D eigenvalue weighted by Gasteiger charge is 2.34. The number of pyridine rings is 1. The number of thiocarbonyl (C=S) groups is 1. The topological polar surface area (TPSA) is 50.9 Å². The third-order valence-electron chi connectivity index (χ3n) is 4.78. The number of fused-ring (bicyclic) bond motifs is 1.